The van der Waals surface area contributed by atoms with Crippen molar-refractivity contribution in [2.45, 2.75) is 18.2 Å². The van der Waals surface area contributed by atoms with Gasteiger partial charge in [0.05, 0.1) is 5.02 Å². The zero-order valence-corrected chi connectivity index (χ0v) is 14.0. The number of hydrogen-bond donors (Lipinski definition) is 1. The van der Waals surface area contributed by atoms with Crippen molar-refractivity contribution in [1.82, 2.24) is 10.2 Å². The number of halogens is 3. The van der Waals surface area contributed by atoms with Crippen LogP contribution in [0.3, 0.4) is 0 Å². The monoisotopic (exact) mass is 399 g/mol. The fourth-order valence-corrected chi connectivity index (χ4v) is 5.12. The molecular weight excluding hydrogens is 393 g/mol. The molecule has 20 heavy (non-hydrogen) atoms. The van der Waals surface area contributed by atoms with Gasteiger partial charge in [0.25, 0.3) is 10.0 Å². The second kappa shape index (κ2) is 5.92. The zero-order valence-electron chi connectivity index (χ0n) is 10.0. The van der Waals surface area contributed by atoms with Gasteiger partial charge in [0.15, 0.2) is 0 Å². The largest absolute Gasteiger partial charge is 0.266 e. The number of aromatic nitrogens is 2. The molecule has 108 valence electrons. The summed E-state index contributed by atoms with van der Waals surface area (Å²) < 4.78 is 39.9. The molecule has 1 N–H and O–H groups in total. The van der Waals surface area contributed by atoms with E-state index in [0.29, 0.717) is 11.4 Å². The van der Waals surface area contributed by atoms with Gasteiger partial charge >= 0.3 is 0 Å². The summed E-state index contributed by atoms with van der Waals surface area (Å²) >= 11 is 9.91. The van der Waals surface area contributed by atoms with Crippen LogP contribution in [0.15, 0.2) is 21.5 Å². The lowest BCUT2D eigenvalue weighted by molar-refractivity contribution is 0.599. The lowest BCUT2D eigenvalue weighted by atomic mass is 10.3. The third-order valence-corrected chi connectivity index (χ3v) is 6.07. The summed E-state index contributed by atoms with van der Waals surface area (Å²) in [5, 5.41) is 8.15. The number of benzene rings is 1. The summed E-state index contributed by atoms with van der Waals surface area (Å²) in [6.45, 7) is 1.88. The van der Waals surface area contributed by atoms with Crippen LogP contribution >= 0.6 is 38.9 Å². The van der Waals surface area contributed by atoms with Crippen molar-refractivity contribution in [3.05, 3.63) is 32.5 Å². The van der Waals surface area contributed by atoms with Crippen molar-refractivity contribution in [2.75, 3.05) is 4.72 Å². The maximum atomic E-state index is 13.1. The van der Waals surface area contributed by atoms with E-state index in [0.717, 1.165) is 23.5 Å². The van der Waals surface area contributed by atoms with Crippen molar-refractivity contribution in [1.29, 1.82) is 0 Å². The highest BCUT2D eigenvalue weighted by molar-refractivity contribution is 9.10. The summed E-state index contributed by atoms with van der Waals surface area (Å²) in [5.41, 5.74) is 0. The van der Waals surface area contributed by atoms with Crippen LogP contribution in [0.4, 0.5) is 9.52 Å². The minimum Gasteiger partial charge on any atom is -0.253 e. The smallest absolute Gasteiger partial charge is 0.253 e. The Morgan fingerprint density at radius 3 is 2.70 bits per heavy atom. The number of rotatable bonds is 4. The predicted octanol–water partition coefficient (Wildman–Crippen LogP) is 3.46. The van der Waals surface area contributed by atoms with Gasteiger partial charge in [0, 0.05) is 4.47 Å². The van der Waals surface area contributed by atoms with Gasteiger partial charge in [-0.25, -0.2) is 12.8 Å². The summed E-state index contributed by atoms with van der Waals surface area (Å²) in [7, 11) is -3.97. The maximum absolute atomic E-state index is 13.1. The van der Waals surface area contributed by atoms with Crippen LogP contribution in [0, 0.1) is 5.82 Å². The van der Waals surface area contributed by atoms with E-state index in [1.807, 2.05) is 6.92 Å². The number of aryl methyl sites for hydroxylation is 1. The quantitative estimate of drug-likeness (QED) is 0.853. The van der Waals surface area contributed by atoms with Gasteiger partial charge in [-0.3, -0.25) is 4.72 Å². The molecule has 0 aliphatic heterocycles. The van der Waals surface area contributed by atoms with E-state index in [9.17, 15) is 12.8 Å². The summed E-state index contributed by atoms with van der Waals surface area (Å²) in [6, 6.07) is 1.95. The second-order valence-electron chi connectivity index (χ2n) is 3.66. The first kappa shape index (κ1) is 15.6. The molecule has 10 heteroatoms. The van der Waals surface area contributed by atoms with Gasteiger partial charge < -0.3 is 0 Å². The van der Waals surface area contributed by atoms with Gasteiger partial charge in [-0.2, -0.15) is 0 Å². The first-order chi connectivity index (χ1) is 9.33. The van der Waals surface area contributed by atoms with Crippen LogP contribution in [0.5, 0.6) is 0 Å². The van der Waals surface area contributed by atoms with Crippen LogP contribution < -0.4 is 4.72 Å². The normalized spacial score (nSPS) is 11.6. The molecule has 1 aromatic carbocycles. The van der Waals surface area contributed by atoms with Crippen molar-refractivity contribution in [2.24, 2.45) is 0 Å². The highest BCUT2D eigenvalue weighted by Gasteiger charge is 2.24. The summed E-state index contributed by atoms with van der Waals surface area (Å²) in [4.78, 5) is -0.242. The van der Waals surface area contributed by atoms with E-state index < -0.39 is 15.8 Å². The van der Waals surface area contributed by atoms with Crippen molar-refractivity contribution < 1.29 is 12.8 Å². The van der Waals surface area contributed by atoms with Crippen LogP contribution in [-0.2, 0) is 16.4 Å². The lowest BCUT2D eigenvalue weighted by Gasteiger charge is -2.09. The first-order valence-electron chi connectivity index (χ1n) is 5.33. The molecule has 0 spiro atoms. The molecule has 2 aromatic rings. The molecular formula is C10H8BrClFN3O2S2. The molecule has 0 aliphatic carbocycles. The molecule has 2 rings (SSSR count). The highest BCUT2D eigenvalue weighted by Crippen LogP contribution is 2.32. The molecule has 0 atom stereocenters. The van der Waals surface area contributed by atoms with Gasteiger partial charge in [-0.15, -0.1) is 10.2 Å². The third-order valence-electron chi connectivity index (χ3n) is 2.22. The fraction of sp³-hybridized carbons (Fsp3) is 0.200. The molecule has 0 unspecified atom stereocenters. The van der Waals surface area contributed by atoms with Crippen molar-refractivity contribution >= 4 is 54.0 Å². The van der Waals surface area contributed by atoms with Crippen LogP contribution in [0.25, 0.3) is 0 Å². The predicted molar refractivity (Wildman–Crippen MR) is 79.2 cm³/mol. The Balaban J connectivity index is 2.40. The minimum atomic E-state index is -3.97. The van der Waals surface area contributed by atoms with Crippen molar-refractivity contribution in [3.8, 4) is 0 Å². The molecule has 5 nitrogen and oxygen atoms in total. The number of nitrogens with zero attached hydrogens (tertiary/aromatic N) is 2. The van der Waals surface area contributed by atoms with Gasteiger partial charge in [0.1, 0.15) is 15.7 Å². The standard InChI is InChI=1S/C10H8BrClFN3O2S2/c1-2-8-14-15-10(19-8)16-20(17,18)9-6(11)3-5(13)4-7(9)12/h3-4H,2H2,1H3,(H,15,16). The van der Waals surface area contributed by atoms with E-state index in [4.69, 9.17) is 11.6 Å². The number of sulfonamides is 1. The third kappa shape index (κ3) is 3.27. The number of anilines is 1. The SMILES string of the molecule is CCc1nnc(NS(=O)(=O)c2c(Cl)cc(F)cc2Br)s1. The Hall–Kier alpha value is -0.770. The molecule has 0 radical (unpaired) electrons. The first-order valence-corrected chi connectivity index (χ1v) is 8.80. The van der Waals surface area contributed by atoms with Crippen molar-refractivity contribution in [3.63, 3.8) is 0 Å². The second-order valence-corrected chi connectivity index (χ2v) is 7.60. The van der Waals surface area contributed by atoms with E-state index in [-0.39, 0.29) is 19.5 Å². The topological polar surface area (TPSA) is 72.0 Å². The molecule has 0 fully saturated rings. The number of nitrogens with one attached hydrogen (secondary N) is 1. The molecule has 0 saturated carbocycles. The Kier molecular flexibility index (Phi) is 4.62. The van der Waals surface area contributed by atoms with E-state index in [2.05, 4.69) is 30.8 Å². The zero-order chi connectivity index (χ0) is 14.9. The van der Waals surface area contributed by atoms with Gasteiger partial charge in [0.2, 0.25) is 5.13 Å². The Morgan fingerprint density at radius 1 is 1.45 bits per heavy atom. The minimum absolute atomic E-state index is 0.0373. The Bertz CT molecular complexity index is 728. The molecule has 1 heterocycles. The van der Waals surface area contributed by atoms with E-state index in [1.54, 1.807) is 0 Å². The average Bonchev–Trinajstić information content (AvgIpc) is 2.73. The van der Waals surface area contributed by atoms with E-state index in [1.165, 1.54) is 0 Å². The summed E-state index contributed by atoms with van der Waals surface area (Å²) in [6.07, 6.45) is 0.653. The highest BCUT2D eigenvalue weighted by atomic mass is 79.9. The molecule has 0 saturated heterocycles. The Morgan fingerprint density at radius 2 is 2.15 bits per heavy atom. The van der Waals surface area contributed by atoms with Crippen LogP contribution in [0.1, 0.15) is 11.9 Å². The Labute approximate surface area is 132 Å². The molecule has 0 amide bonds. The summed E-state index contributed by atoms with van der Waals surface area (Å²) in [5.74, 6) is -0.634. The molecule has 1 aromatic heterocycles. The number of hydrogen-bond acceptors (Lipinski definition) is 5. The average molecular weight is 401 g/mol. The fourth-order valence-electron chi connectivity index (χ4n) is 1.39. The van der Waals surface area contributed by atoms with Crippen LogP contribution in [-0.4, -0.2) is 18.6 Å². The van der Waals surface area contributed by atoms with Gasteiger partial charge in [-0.1, -0.05) is 29.9 Å². The van der Waals surface area contributed by atoms with E-state index >= 15 is 0 Å². The molecule has 0 bridgehead atoms. The van der Waals surface area contributed by atoms with Gasteiger partial charge in [-0.05, 0) is 34.5 Å². The lowest BCUT2D eigenvalue weighted by Crippen LogP contribution is -2.14. The van der Waals surface area contributed by atoms with Crippen LogP contribution in [0.2, 0.25) is 5.02 Å². The molecule has 0 aliphatic rings. The maximum Gasteiger partial charge on any atom is 0.266 e.